The SMILES string of the molecule is Cc1ncc(CNC(=S)[S-])c(N)n1.[NH4+]. The standard InChI is InChI=1S/C7H10N4S2.H3N/c1-4-9-2-5(6(8)11-4)3-10-7(12)13;/h2H,3H2,1H3,(H2,8,9,11)(H2,10,12,13);1H3. The van der Waals surface area contributed by atoms with Crippen LogP contribution in [0.25, 0.3) is 0 Å². The number of nitrogens with one attached hydrogen (secondary N) is 1. The van der Waals surface area contributed by atoms with Gasteiger partial charge in [-0.15, -0.1) is 0 Å². The fourth-order valence-electron chi connectivity index (χ4n) is 0.816. The molecule has 0 aliphatic rings. The fourth-order valence-corrected chi connectivity index (χ4v) is 0.960. The van der Waals surface area contributed by atoms with E-state index in [4.69, 9.17) is 5.73 Å². The van der Waals surface area contributed by atoms with Gasteiger partial charge >= 0.3 is 0 Å². The summed E-state index contributed by atoms with van der Waals surface area (Å²) in [4.78, 5) is 8.01. The summed E-state index contributed by atoms with van der Waals surface area (Å²) >= 11 is 9.37. The Morgan fingerprint density at radius 1 is 1.71 bits per heavy atom. The predicted octanol–water partition coefficient (Wildman–Crippen LogP) is 0.665. The summed E-state index contributed by atoms with van der Waals surface area (Å²) in [6.45, 7) is 2.26. The molecular formula is C7H13N5S2. The van der Waals surface area contributed by atoms with Crippen LogP contribution in [0.1, 0.15) is 11.4 Å². The highest BCUT2D eigenvalue weighted by molar-refractivity contribution is 8.00. The van der Waals surface area contributed by atoms with E-state index in [1.807, 2.05) is 0 Å². The summed E-state index contributed by atoms with van der Waals surface area (Å²) in [5.74, 6) is 1.12. The van der Waals surface area contributed by atoms with Crippen molar-refractivity contribution in [1.29, 1.82) is 0 Å². The Morgan fingerprint density at radius 2 is 2.36 bits per heavy atom. The zero-order valence-corrected chi connectivity index (χ0v) is 9.71. The summed E-state index contributed by atoms with van der Waals surface area (Å²) < 4.78 is 0.319. The number of anilines is 1. The van der Waals surface area contributed by atoms with E-state index in [1.54, 1.807) is 13.1 Å². The van der Waals surface area contributed by atoms with Crippen molar-refractivity contribution in [2.75, 3.05) is 5.73 Å². The van der Waals surface area contributed by atoms with Crippen LogP contribution in [-0.4, -0.2) is 14.3 Å². The van der Waals surface area contributed by atoms with Gasteiger partial charge < -0.3 is 42.0 Å². The number of nitrogens with two attached hydrogens (primary N) is 1. The van der Waals surface area contributed by atoms with Gasteiger partial charge in [0.2, 0.25) is 0 Å². The third-order valence-electron chi connectivity index (χ3n) is 1.44. The van der Waals surface area contributed by atoms with Crippen molar-refractivity contribution in [3.8, 4) is 0 Å². The number of nitrogen functional groups attached to an aromatic ring is 1. The minimum atomic E-state index is 0. The first-order chi connectivity index (χ1) is 6.09. The number of hydrogen-bond donors (Lipinski definition) is 3. The molecular weight excluding hydrogens is 218 g/mol. The van der Waals surface area contributed by atoms with Crippen LogP contribution >= 0.6 is 12.2 Å². The van der Waals surface area contributed by atoms with Gasteiger partial charge in [0.05, 0.1) is 0 Å². The Hall–Kier alpha value is -1.05. The molecule has 78 valence electrons. The molecule has 1 aromatic rings. The highest BCUT2D eigenvalue weighted by Gasteiger charge is 1.99. The molecule has 7 N–H and O–H groups in total. The average Bonchev–Trinajstić information content (AvgIpc) is 2.02. The normalized spacial score (nSPS) is 8.93. The molecule has 0 radical (unpaired) electrons. The molecule has 0 saturated carbocycles. The van der Waals surface area contributed by atoms with Crippen molar-refractivity contribution in [2.24, 2.45) is 0 Å². The van der Waals surface area contributed by atoms with Crippen molar-refractivity contribution in [3.05, 3.63) is 17.6 Å². The smallest absolute Gasteiger partial charge is 0.132 e. The Balaban J connectivity index is 0.00000169. The number of aromatic nitrogens is 2. The van der Waals surface area contributed by atoms with Gasteiger partial charge in [0, 0.05) is 18.3 Å². The molecule has 7 heteroatoms. The first-order valence-electron chi connectivity index (χ1n) is 3.62. The number of nitrogens with zero attached hydrogens (tertiary/aromatic N) is 2. The minimum absolute atomic E-state index is 0. The lowest BCUT2D eigenvalue weighted by Gasteiger charge is -2.10. The molecule has 0 aromatic carbocycles. The molecule has 0 saturated heterocycles. The zero-order chi connectivity index (χ0) is 9.84. The third kappa shape index (κ3) is 3.77. The second-order valence-electron chi connectivity index (χ2n) is 2.47. The van der Waals surface area contributed by atoms with Gasteiger partial charge in [-0.2, -0.15) is 0 Å². The van der Waals surface area contributed by atoms with Gasteiger partial charge in [-0.25, -0.2) is 9.97 Å². The van der Waals surface area contributed by atoms with E-state index in [9.17, 15) is 0 Å². The molecule has 0 atom stereocenters. The molecule has 1 heterocycles. The van der Waals surface area contributed by atoms with E-state index in [-0.39, 0.29) is 6.15 Å². The summed E-state index contributed by atoms with van der Waals surface area (Å²) in [7, 11) is 0. The highest BCUT2D eigenvalue weighted by Crippen LogP contribution is 2.05. The Morgan fingerprint density at radius 3 is 2.86 bits per heavy atom. The van der Waals surface area contributed by atoms with E-state index in [1.165, 1.54) is 0 Å². The quantitative estimate of drug-likeness (QED) is 0.511. The summed E-state index contributed by atoms with van der Waals surface area (Å²) in [5, 5.41) is 2.81. The number of hydrogen-bond acceptors (Lipinski definition) is 5. The van der Waals surface area contributed by atoms with E-state index in [0.29, 0.717) is 22.5 Å². The average molecular weight is 231 g/mol. The Bertz CT molecular complexity index is 328. The van der Waals surface area contributed by atoms with Gasteiger partial charge in [-0.05, 0) is 6.92 Å². The van der Waals surface area contributed by atoms with E-state index < -0.39 is 0 Å². The molecule has 0 unspecified atom stereocenters. The third-order valence-corrected chi connectivity index (χ3v) is 1.73. The van der Waals surface area contributed by atoms with Crippen LogP contribution in [0.2, 0.25) is 0 Å². The summed E-state index contributed by atoms with van der Waals surface area (Å²) in [6.07, 6.45) is 1.66. The second kappa shape index (κ2) is 5.63. The highest BCUT2D eigenvalue weighted by atomic mass is 32.1. The molecule has 1 rings (SSSR count). The Labute approximate surface area is 93.5 Å². The van der Waals surface area contributed by atoms with Crippen molar-refractivity contribution < 1.29 is 0 Å². The van der Waals surface area contributed by atoms with Crippen LogP contribution < -0.4 is 17.2 Å². The van der Waals surface area contributed by atoms with Crippen LogP contribution in [0, 0.1) is 6.92 Å². The van der Waals surface area contributed by atoms with E-state index in [2.05, 4.69) is 40.1 Å². The first kappa shape index (κ1) is 12.9. The Kier molecular flexibility index (Phi) is 5.21. The lowest BCUT2D eigenvalue weighted by molar-refractivity contribution is 0.906. The second-order valence-corrected chi connectivity index (χ2v) is 3.54. The molecule has 1 aromatic heterocycles. The number of rotatable bonds is 2. The lowest BCUT2D eigenvalue weighted by Crippen LogP contribution is -2.19. The summed E-state index contributed by atoms with van der Waals surface area (Å²) in [5.41, 5.74) is 6.44. The maximum atomic E-state index is 5.64. The van der Waals surface area contributed by atoms with Gasteiger partial charge in [0.1, 0.15) is 11.6 Å². The predicted molar refractivity (Wildman–Crippen MR) is 64.0 cm³/mol. The molecule has 0 fully saturated rings. The summed E-state index contributed by atoms with van der Waals surface area (Å²) in [6, 6.07) is 0. The van der Waals surface area contributed by atoms with Gasteiger partial charge in [0.25, 0.3) is 0 Å². The molecule has 0 spiro atoms. The molecule has 14 heavy (non-hydrogen) atoms. The van der Waals surface area contributed by atoms with Gasteiger partial charge in [-0.3, -0.25) is 0 Å². The first-order valence-corrected chi connectivity index (χ1v) is 4.44. The van der Waals surface area contributed by atoms with Crippen LogP contribution in [-0.2, 0) is 19.2 Å². The largest absolute Gasteiger partial charge is 0.412 e. The molecule has 0 aliphatic heterocycles. The van der Waals surface area contributed by atoms with Gasteiger partial charge in [0.15, 0.2) is 0 Å². The monoisotopic (exact) mass is 231 g/mol. The number of thiocarbonyl (C=S) groups is 1. The number of aryl methyl sites for hydroxylation is 1. The van der Waals surface area contributed by atoms with Crippen LogP contribution in [0.15, 0.2) is 6.20 Å². The van der Waals surface area contributed by atoms with Crippen LogP contribution in [0.4, 0.5) is 5.82 Å². The van der Waals surface area contributed by atoms with Crippen molar-refractivity contribution >= 4 is 35.0 Å². The van der Waals surface area contributed by atoms with E-state index >= 15 is 0 Å². The maximum Gasteiger partial charge on any atom is 0.132 e. The van der Waals surface area contributed by atoms with Crippen molar-refractivity contribution in [3.63, 3.8) is 0 Å². The molecule has 0 aliphatic carbocycles. The van der Waals surface area contributed by atoms with Gasteiger partial charge in [-0.1, -0.05) is 4.32 Å². The molecule has 0 amide bonds. The topological polar surface area (TPSA) is 100 Å². The number of quaternary nitrogens is 1. The van der Waals surface area contributed by atoms with E-state index in [0.717, 1.165) is 5.56 Å². The lowest BCUT2D eigenvalue weighted by atomic mass is 10.3. The van der Waals surface area contributed by atoms with Crippen molar-refractivity contribution in [1.82, 2.24) is 21.4 Å². The van der Waals surface area contributed by atoms with Crippen molar-refractivity contribution in [2.45, 2.75) is 13.5 Å². The molecule has 0 bridgehead atoms. The van der Waals surface area contributed by atoms with Crippen LogP contribution in [0.3, 0.4) is 0 Å². The maximum absolute atomic E-state index is 5.64. The minimum Gasteiger partial charge on any atom is -0.412 e. The molecule has 5 nitrogen and oxygen atoms in total. The van der Waals surface area contributed by atoms with Crippen LogP contribution in [0.5, 0.6) is 0 Å². The zero-order valence-electron chi connectivity index (χ0n) is 8.07. The fraction of sp³-hybridized carbons (Fsp3) is 0.286.